The number of nitrogens with one attached hydrogen (secondary N) is 1. The molecule has 0 radical (unpaired) electrons. The Balaban J connectivity index is 0.000000377. The van der Waals surface area contributed by atoms with Crippen LogP contribution in [0, 0.1) is 12.8 Å². The minimum Gasteiger partial charge on any atom is -0.480 e. The summed E-state index contributed by atoms with van der Waals surface area (Å²) in [6.07, 6.45) is 8.40. The monoisotopic (exact) mass is 594 g/mol. The van der Waals surface area contributed by atoms with E-state index in [1.165, 1.54) is 57.5 Å². The van der Waals surface area contributed by atoms with Crippen molar-refractivity contribution in [2.45, 2.75) is 95.2 Å². The first kappa shape index (κ1) is 33.8. The van der Waals surface area contributed by atoms with Gasteiger partial charge in [-0.15, -0.1) is 0 Å². The predicted molar refractivity (Wildman–Crippen MR) is 152 cm³/mol. The molecular formula is C28H42N4O8S. The SMILES string of the molecule is COC(=O)[C@@H](N)CC1CCCCC1.Cc1ccc(S(=O)(=O)n2cnc(C[C@H](NC(=O)OC(C)(C)C)C(=O)O)c2)cc1. The molecule has 4 N–H and O–H groups in total. The van der Waals surface area contributed by atoms with Crippen LogP contribution < -0.4 is 11.1 Å². The number of hydrogen-bond donors (Lipinski definition) is 3. The van der Waals surface area contributed by atoms with E-state index in [1.807, 2.05) is 6.92 Å². The van der Waals surface area contributed by atoms with Gasteiger partial charge in [0.1, 0.15) is 24.0 Å². The Morgan fingerprint density at radius 3 is 2.29 bits per heavy atom. The van der Waals surface area contributed by atoms with Gasteiger partial charge in [0, 0.05) is 12.6 Å². The molecule has 1 aliphatic carbocycles. The molecule has 1 aliphatic rings. The number of aryl methyl sites for hydroxylation is 1. The third-order valence-electron chi connectivity index (χ3n) is 6.43. The fourth-order valence-corrected chi connectivity index (χ4v) is 5.46. The molecule has 0 bridgehead atoms. The van der Waals surface area contributed by atoms with Gasteiger partial charge in [-0.1, -0.05) is 49.8 Å². The largest absolute Gasteiger partial charge is 0.480 e. The van der Waals surface area contributed by atoms with Gasteiger partial charge in [-0.05, 0) is 52.2 Å². The van der Waals surface area contributed by atoms with Crippen LogP contribution in [0.4, 0.5) is 4.79 Å². The first-order chi connectivity index (χ1) is 19.1. The highest BCUT2D eigenvalue weighted by Crippen LogP contribution is 2.27. The molecule has 1 fully saturated rings. The fourth-order valence-electron chi connectivity index (χ4n) is 4.30. The Hall–Kier alpha value is -3.45. The molecule has 12 nitrogen and oxygen atoms in total. The molecule has 1 saturated carbocycles. The number of carboxylic acids is 1. The number of aliphatic carboxylic acids is 1. The number of alkyl carbamates (subject to hydrolysis) is 1. The van der Waals surface area contributed by atoms with Crippen LogP contribution in [0.15, 0.2) is 41.7 Å². The quantitative estimate of drug-likeness (QED) is 0.364. The molecule has 0 spiro atoms. The van der Waals surface area contributed by atoms with Crippen molar-refractivity contribution in [3.63, 3.8) is 0 Å². The van der Waals surface area contributed by atoms with Crippen LogP contribution in [0.2, 0.25) is 0 Å². The van der Waals surface area contributed by atoms with E-state index in [-0.39, 0.29) is 23.0 Å². The number of aromatic nitrogens is 2. The van der Waals surface area contributed by atoms with E-state index in [0.717, 1.165) is 22.3 Å². The molecule has 1 heterocycles. The van der Waals surface area contributed by atoms with Gasteiger partial charge in [0.15, 0.2) is 0 Å². The summed E-state index contributed by atoms with van der Waals surface area (Å²) in [5.41, 5.74) is 6.02. The van der Waals surface area contributed by atoms with Crippen LogP contribution >= 0.6 is 0 Å². The molecule has 228 valence electrons. The van der Waals surface area contributed by atoms with Crippen molar-refractivity contribution in [2.75, 3.05) is 7.11 Å². The van der Waals surface area contributed by atoms with Crippen LogP contribution in [-0.4, -0.2) is 65.3 Å². The molecule has 3 rings (SSSR count). The summed E-state index contributed by atoms with van der Waals surface area (Å²) in [6.45, 7) is 6.80. The summed E-state index contributed by atoms with van der Waals surface area (Å²) in [5, 5.41) is 11.6. The van der Waals surface area contributed by atoms with Gasteiger partial charge in [0.05, 0.1) is 17.7 Å². The van der Waals surface area contributed by atoms with Gasteiger partial charge >= 0.3 is 18.0 Å². The van der Waals surface area contributed by atoms with Crippen molar-refractivity contribution < 1.29 is 37.4 Å². The molecular weight excluding hydrogens is 552 g/mol. The van der Waals surface area contributed by atoms with Gasteiger partial charge in [-0.3, -0.25) is 4.79 Å². The number of carboxylic acid groups (broad SMARTS) is 1. The third-order valence-corrected chi connectivity index (χ3v) is 8.05. The highest BCUT2D eigenvalue weighted by Gasteiger charge is 2.26. The molecule has 1 aromatic carbocycles. The van der Waals surface area contributed by atoms with Crippen LogP contribution in [0.3, 0.4) is 0 Å². The van der Waals surface area contributed by atoms with E-state index in [2.05, 4.69) is 15.0 Å². The van der Waals surface area contributed by atoms with Crippen LogP contribution in [0.5, 0.6) is 0 Å². The van der Waals surface area contributed by atoms with Crippen molar-refractivity contribution in [1.82, 2.24) is 14.3 Å². The summed E-state index contributed by atoms with van der Waals surface area (Å²) < 4.78 is 35.8. The molecule has 1 aromatic heterocycles. The standard InChI is InChI=1S/C18H23N3O6S.C10H19NO2/c1-12-5-7-14(8-6-12)28(25,26)21-10-13(19-11-21)9-15(16(22)23)20-17(24)27-18(2,3)4;1-13-10(12)9(11)7-8-5-3-2-4-6-8/h5-8,10-11,15H,9H2,1-4H3,(H,20,24)(H,22,23);8-9H,2-7,11H2,1H3/t15-;9-/m00/s1. The number of nitrogens with zero attached hydrogens (tertiary/aromatic N) is 2. The van der Waals surface area contributed by atoms with Crippen LogP contribution in [-0.2, 0) is 35.5 Å². The number of benzene rings is 1. The van der Waals surface area contributed by atoms with Gasteiger partial charge in [-0.2, -0.15) is 0 Å². The van der Waals surface area contributed by atoms with Crippen molar-refractivity contribution in [2.24, 2.45) is 11.7 Å². The minimum atomic E-state index is -3.84. The van der Waals surface area contributed by atoms with E-state index in [1.54, 1.807) is 32.9 Å². The zero-order valence-electron chi connectivity index (χ0n) is 24.3. The average Bonchev–Trinajstić information content (AvgIpc) is 3.37. The zero-order chi connectivity index (χ0) is 30.8. The first-order valence-electron chi connectivity index (χ1n) is 13.5. The smallest absolute Gasteiger partial charge is 0.408 e. The third kappa shape index (κ3) is 11.2. The lowest BCUT2D eigenvalue weighted by Crippen LogP contribution is -2.44. The van der Waals surface area contributed by atoms with E-state index in [9.17, 15) is 27.9 Å². The summed E-state index contributed by atoms with van der Waals surface area (Å²) in [7, 11) is -2.45. The molecule has 41 heavy (non-hydrogen) atoms. The molecule has 1 amide bonds. The Kier molecular flexibility index (Phi) is 12.3. The van der Waals surface area contributed by atoms with E-state index < -0.39 is 39.8 Å². The van der Waals surface area contributed by atoms with Gasteiger partial charge in [0.2, 0.25) is 0 Å². The van der Waals surface area contributed by atoms with Crippen LogP contribution in [0.1, 0.15) is 70.6 Å². The second-order valence-corrected chi connectivity index (χ2v) is 13.0. The molecule has 2 atom stereocenters. The second-order valence-electron chi connectivity index (χ2n) is 11.1. The number of carbonyl (C=O) groups excluding carboxylic acids is 2. The van der Waals surface area contributed by atoms with Crippen LogP contribution in [0.25, 0.3) is 0 Å². The zero-order valence-corrected chi connectivity index (χ0v) is 25.1. The lowest BCUT2D eigenvalue weighted by molar-refractivity contribution is -0.142. The summed E-state index contributed by atoms with van der Waals surface area (Å²) >= 11 is 0. The molecule has 0 saturated heterocycles. The summed E-state index contributed by atoms with van der Waals surface area (Å²) in [6, 6.07) is 4.59. The lowest BCUT2D eigenvalue weighted by Gasteiger charge is -2.23. The average molecular weight is 595 g/mol. The van der Waals surface area contributed by atoms with Crippen molar-refractivity contribution in [3.05, 3.63) is 48.0 Å². The Morgan fingerprint density at radius 2 is 1.76 bits per heavy atom. The van der Waals surface area contributed by atoms with Crippen molar-refractivity contribution in [1.29, 1.82) is 0 Å². The molecule has 0 unspecified atom stereocenters. The number of nitrogens with two attached hydrogens (primary N) is 1. The predicted octanol–water partition coefficient (Wildman–Crippen LogP) is 3.41. The Morgan fingerprint density at radius 1 is 1.15 bits per heavy atom. The Labute approximate surface area is 241 Å². The van der Waals surface area contributed by atoms with Gasteiger partial charge in [0.25, 0.3) is 10.0 Å². The maximum absolute atomic E-state index is 12.6. The number of rotatable bonds is 9. The minimum absolute atomic E-state index is 0.0868. The van der Waals surface area contributed by atoms with Gasteiger partial charge < -0.3 is 25.6 Å². The maximum Gasteiger partial charge on any atom is 0.408 e. The number of imidazole rings is 1. The highest BCUT2D eigenvalue weighted by atomic mass is 32.2. The van der Waals surface area contributed by atoms with E-state index in [0.29, 0.717) is 5.92 Å². The topological polar surface area (TPSA) is 180 Å². The van der Waals surface area contributed by atoms with E-state index >= 15 is 0 Å². The number of hydrogen-bond acceptors (Lipinski definition) is 9. The normalized spacial score (nSPS) is 15.6. The van der Waals surface area contributed by atoms with E-state index in [4.69, 9.17) is 10.5 Å². The number of esters is 1. The number of ether oxygens (including phenoxy) is 2. The molecule has 0 aliphatic heterocycles. The number of carbonyl (C=O) groups is 3. The number of amides is 1. The second kappa shape index (κ2) is 15.0. The van der Waals surface area contributed by atoms with Crippen molar-refractivity contribution in [3.8, 4) is 0 Å². The van der Waals surface area contributed by atoms with Crippen molar-refractivity contribution >= 4 is 28.1 Å². The highest BCUT2D eigenvalue weighted by molar-refractivity contribution is 7.90. The summed E-state index contributed by atoms with van der Waals surface area (Å²) in [4.78, 5) is 38.3. The van der Waals surface area contributed by atoms with Gasteiger partial charge in [-0.25, -0.2) is 27.0 Å². The fraction of sp³-hybridized carbons (Fsp3) is 0.571. The number of methoxy groups -OCH3 is 1. The first-order valence-corrected chi connectivity index (χ1v) is 15.0. The lowest BCUT2D eigenvalue weighted by atomic mass is 9.85. The maximum atomic E-state index is 12.6. The summed E-state index contributed by atoms with van der Waals surface area (Å²) in [5.74, 6) is -0.921. The molecule has 13 heteroatoms. The Bertz CT molecular complexity index is 1260. The molecule has 2 aromatic rings.